The third kappa shape index (κ3) is 4.00. The second kappa shape index (κ2) is 6.96. The van der Waals surface area contributed by atoms with Gasteiger partial charge in [0.1, 0.15) is 5.75 Å². The van der Waals surface area contributed by atoms with E-state index >= 15 is 0 Å². The van der Waals surface area contributed by atoms with Crippen molar-refractivity contribution in [3.8, 4) is 5.75 Å². The van der Waals surface area contributed by atoms with E-state index in [1.807, 2.05) is 24.3 Å². The Labute approximate surface area is 113 Å². The lowest BCUT2D eigenvalue weighted by Crippen LogP contribution is -2.37. The number of nitrogens with one attached hydrogen (secondary N) is 1. The predicted octanol–water partition coefficient (Wildman–Crippen LogP) is 1.28. The smallest absolute Gasteiger partial charge is 0.229 e. The molecule has 1 aromatic rings. The van der Waals surface area contributed by atoms with Gasteiger partial charge < -0.3 is 15.8 Å². The van der Waals surface area contributed by atoms with Gasteiger partial charge in [-0.25, -0.2) is 0 Å². The molecular weight excluding hydrogens is 248 g/mol. The number of hydrogen-bond acceptors (Lipinski definition) is 3. The number of methoxy groups -OCH3 is 1. The first-order valence-electron chi connectivity index (χ1n) is 5.75. The Balaban J connectivity index is 2.47. The molecule has 0 aliphatic heterocycles. The van der Waals surface area contributed by atoms with E-state index in [4.69, 9.17) is 22.7 Å². The van der Waals surface area contributed by atoms with E-state index in [1.54, 1.807) is 14.0 Å². The van der Waals surface area contributed by atoms with Crippen LogP contribution in [0.15, 0.2) is 24.3 Å². The number of carbonyl (C=O) groups is 1. The molecule has 0 spiro atoms. The lowest BCUT2D eigenvalue weighted by molar-refractivity contribution is -0.122. The molecule has 3 N–H and O–H groups in total. The van der Waals surface area contributed by atoms with Crippen LogP contribution in [0.25, 0.3) is 0 Å². The minimum absolute atomic E-state index is 0.141. The summed E-state index contributed by atoms with van der Waals surface area (Å²) >= 11 is 4.77. The number of amides is 1. The molecular formula is C13H18N2O2S. The monoisotopic (exact) mass is 266 g/mol. The van der Waals surface area contributed by atoms with Crippen LogP contribution in [0.5, 0.6) is 5.75 Å². The van der Waals surface area contributed by atoms with Gasteiger partial charge in [0.05, 0.1) is 18.0 Å². The van der Waals surface area contributed by atoms with Crippen molar-refractivity contribution in [2.24, 2.45) is 11.7 Å². The van der Waals surface area contributed by atoms with Crippen LogP contribution in [0.3, 0.4) is 0 Å². The summed E-state index contributed by atoms with van der Waals surface area (Å²) in [5.74, 6) is 0.254. The fourth-order valence-electron chi connectivity index (χ4n) is 1.51. The van der Waals surface area contributed by atoms with Crippen molar-refractivity contribution >= 4 is 23.1 Å². The molecule has 0 heterocycles. The molecule has 0 saturated heterocycles. The second-order valence-corrected chi connectivity index (χ2v) is 4.45. The van der Waals surface area contributed by atoms with Crippen molar-refractivity contribution in [2.75, 3.05) is 13.7 Å². The zero-order valence-electron chi connectivity index (χ0n) is 10.6. The molecule has 0 aromatic heterocycles. The number of carbonyl (C=O) groups excluding carboxylic acids is 1. The van der Waals surface area contributed by atoms with Crippen LogP contribution in [0.4, 0.5) is 0 Å². The van der Waals surface area contributed by atoms with E-state index in [0.29, 0.717) is 13.0 Å². The van der Waals surface area contributed by atoms with E-state index < -0.39 is 5.92 Å². The molecule has 18 heavy (non-hydrogen) atoms. The summed E-state index contributed by atoms with van der Waals surface area (Å²) in [6, 6.07) is 7.73. The first kappa shape index (κ1) is 14.4. The highest BCUT2D eigenvalue weighted by Gasteiger charge is 2.14. The number of ether oxygens (including phenoxy) is 1. The van der Waals surface area contributed by atoms with Crippen molar-refractivity contribution < 1.29 is 9.53 Å². The average molecular weight is 266 g/mol. The molecule has 0 aliphatic carbocycles. The maximum atomic E-state index is 11.6. The van der Waals surface area contributed by atoms with Crippen LogP contribution in [-0.2, 0) is 11.2 Å². The first-order valence-corrected chi connectivity index (χ1v) is 6.16. The standard InChI is InChI=1S/C13H18N2O2S/c1-9(12(14)18)13(16)15-8-7-10-5-3-4-6-11(10)17-2/h3-6,9H,7-8H2,1-2H3,(H2,14,18)(H,15,16). The number of para-hydroxylation sites is 1. The lowest BCUT2D eigenvalue weighted by Gasteiger charge is -2.12. The summed E-state index contributed by atoms with van der Waals surface area (Å²) < 4.78 is 5.24. The summed E-state index contributed by atoms with van der Waals surface area (Å²) in [4.78, 5) is 11.8. The Morgan fingerprint density at radius 1 is 1.50 bits per heavy atom. The van der Waals surface area contributed by atoms with Crippen LogP contribution in [0, 0.1) is 5.92 Å². The van der Waals surface area contributed by atoms with Gasteiger partial charge in [-0.3, -0.25) is 4.79 Å². The van der Waals surface area contributed by atoms with Crippen molar-refractivity contribution in [3.63, 3.8) is 0 Å². The van der Waals surface area contributed by atoms with Gasteiger partial charge in [-0.1, -0.05) is 30.4 Å². The maximum Gasteiger partial charge on any atom is 0.229 e. The topological polar surface area (TPSA) is 64.3 Å². The van der Waals surface area contributed by atoms with Crippen LogP contribution < -0.4 is 15.8 Å². The average Bonchev–Trinajstić information content (AvgIpc) is 2.38. The largest absolute Gasteiger partial charge is 0.496 e. The van der Waals surface area contributed by atoms with E-state index in [1.165, 1.54) is 0 Å². The highest BCUT2D eigenvalue weighted by atomic mass is 32.1. The number of rotatable bonds is 6. The highest BCUT2D eigenvalue weighted by Crippen LogP contribution is 2.17. The zero-order chi connectivity index (χ0) is 13.5. The molecule has 0 aliphatic rings. The molecule has 1 aromatic carbocycles. The Bertz CT molecular complexity index is 435. The van der Waals surface area contributed by atoms with Crippen LogP contribution in [0.2, 0.25) is 0 Å². The van der Waals surface area contributed by atoms with Gasteiger partial charge in [0.15, 0.2) is 0 Å². The summed E-state index contributed by atoms with van der Waals surface area (Å²) in [5, 5.41) is 2.80. The van der Waals surface area contributed by atoms with E-state index in [9.17, 15) is 4.79 Å². The van der Waals surface area contributed by atoms with Crippen molar-refractivity contribution in [2.45, 2.75) is 13.3 Å². The molecule has 1 unspecified atom stereocenters. The predicted molar refractivity (Wildman–Crippen MR) is 75.7 cm³/mol. The molecule has 0 bridgehead atoms. The van der Waals surface area contributed by atoms with Gasteiger partial charge in [0.2, 0.25) is 5.91 Å². The minimum Gasteiger partial charge on any atom is -0.496 e. The quantitative estimate of drug-likeness (QED) is 0.761. The summed E-state index contributed by atoms with van der Waals surface area (Å²) in [7, 11) is 1.63. The molecule has 98 valence electrons. The van der Waals surface area contributed by atoms with Crippen molar-refractivity contribution in [3.05, 3.63) is 29.8 Å². The summed E-state index contributed by atoms with van der Waals surface area (Å²) in [6.07, 6.45) is 0.708. The molecule has 0 radical (unpaired) electrons. The summed E-state index contributed by atoms with van der Waals surface area (Å²) in [5.41, 5.74) is 6.47. The fraction of sp³-hybridized carbons (Fsp3) is 0.385. The molecule has 0 saturated carbocycles. The summed E-state index contributed by atoms with van der Waals surface area (Å²) in [6.45, 7) is 2.23. The Morgan fingerprint density at radius 2 is 2.17 bits per heavy atom. The third-order valence-electron chi connectivity index (χ3n) is 2.71. The molecule has 1 amide bonds. The molecule has 4 nitrogen and oxygen atoms in total. The van der Waals surface area contributed by atoms with Gasteiger partial charge in [0, 0.05) is 6.54 Å². The Kier molecular flexibility index (Phi) is 5.58. The van der Waals surface area contributed by atoms with Gasteiger partial charge in [-0.15, -0.1) is 0 Å². The molecule has 0 fully saturated rings. The van der Waals surface area contributed by atoms with E-state index in [-0.39, 0.29) is 10.9 Å². The SMILES string of the molecule is COc1ccccc1CCNC(=O)C(C)C(N)=S. The van der Waals surface area contributed by atoms with Crippen molar-refractivity contribution in [1.82, 2.24) is 5.32 Å². The van der Waals surface area contributed by atoms with Gasteiger partial charge in [-0.05, 0) is 25.0 Å². The van der Waals surface area contributed by atoms with E-state index in [0.717, 1.165) is 11.3 Å². The normalized spacial score (nSPS) is 11.7. The number of hydrogen-bond donors (Lipinski definition) is 2. The lowest BCUT2D eigenvalue weighted by atomic mass is 10.1. The second-order valence-electron chi connectivity index (χ2n) is 3.98. The van der Waals surface area contributed by atoms with Crippen molar-refractivity contribution in [1.29, 1.82) is 0 Å². The van der Waals surface area contributed by atoms with Gasteiger partial charge in [-0.2, -0.15) is 0 Å². The zero-order valence-corrected chi connectivity index (χ0v) is 11.4. The maximum absolute atomic E-state index is 11.6. The first-order chi connectivity index (χ1) is 8.56. The Hall–Kier alpha value is -1.62. The van der Waals surface area contributed by atoms with Gasteiger partial charge in [0.25, 0.3) is 0 Å². The molecule has 1 rings (SSSR count). The number of benzene rings is 1. The van der Waals surface area contributed by atoms with Crippen LogP contribution >= 0.6 is 12.2 Å². The minimum atomic E-state index is -0.433. The van der Waals surface area contributed by atoms with Gasteiger partial charge >= 0.3 is 0 Å². The third-order valence-corrected chi connectivity index (χ3v) is 3.06. The number of nitrogens with two attached hydrogens (primary N) is 1. The highest BCUT2D eigenvalue weighted by molar-refractivity contribution is 7.80. The van der Waals surface area contributed by atoms with Crippen LogP contribution in [0.1, 0.15) is 12.5 Å². The fourth-order valence-corrected chi connectivity index (χ4v) is 1.62. The van der Waals surface area contributed by atoms with E-state index in [2.05, 4.69) is 5.32 Å². The Morgan fingerprint density at radius 3 is 2.78 bits per heavy atom. The molecule has 5 heteroatoms. The van der Waals surface area contributed by atoms with Crippen LogP contribution in [-0.4, -0.2) is 24.6 Å². The molecule has 1 atom stereocenters. The number of thiocarbonyl (C=S) groups is 1.